The van der Waals surface area contributed by atoms with Gasteiger partial charge in [0.1, 0.15) is 0 Å². The first-order valence-corrected chi connectivity index (χ1v) is 6.85. The van der Waals surface area contributed by atoms with E-state index in [-0.39, 0.29) is 17.2 Å². The van der Waals surface area contributed by atoms with Crippen molar-refractivity contribution in [3.63, 3.8) is 0 Å². The summed E-state index contributed by atoms with van der Waals surface area (Å²) >= 11 is 0. The third-order valence-corrected chi connectivity index (χ3v) is 3.35. The number of H-pyrrole nitrogens is 1. The van der Waals surface area contributed by atoms with Gasteiger partial charge in [0.05, 0.1) is 13.4 Å². The number of nitrogens with one attached hydrogen (secondary N) is 2. The fourth-order valence-electron chi connectivity index (χ4n) is 2.29. The molecule has 0 bridgehead atoms. The summed E-state index contributed by atoms with van der Waals surface area (Å²) in [6.07, 6.45) is 5.07. The van der Waals surface area contributed by atoms with Gasteiger partial charge in [-0.3, -0.25) is 9.59 Å². The molecule has 20 heavy (non-hydrogen) atoms. The van der Waals surface area contributed by atoms with Crippen molar-refractivity contribution in [2.24, 2.45) is 0 Å². The molecule has 1 aliphatic rings. The lowest BCUT2D eigenvalue weighted by molar-refractivity contribution is -0.131. The normalized spacial score (nSPS) is 14.9. The van der Waals surface area contributed by atoms with Gasteiger partial charge >= 0.3 is 0 Å². The van der Waals surface area contributed by atoms with Gasteiger partial charge in [0.2, 0.25) is 11.7 Å². The highest BCUT2D eigenvalue weighted by molar-refractivity contribution is 5.76. The van der Waals surface area contributed by atoms with Crippen LogP contribution in [0.15, 0.2) is 11.1 Å². The zero-order valence-corrected chi connectivity index (χ0v) is 11.6. The zero-order valence-electron chi connectivity index (χ0n) is 11.6. The Kier molecular flexibility index (Phi) is 4.97. The number of carbonyl (C=O) groups is 1. The average Bonchev–Trinajstić information content (AvgIpc) is 2.48. The third-order valence-electron chi connectivity index (χ3n) is 3.35. The number of aromatic nitrogens is 2. The molecule has 0 unspecified atom stereocenters. The van der Waals surface area contributed by atoms with Gasteiger partial charge in [-0.1, -0.05) is 0 Å². The number of rotatable bonds is 5. The first-order chi connectivity index (χ1) is 9.72. The summed E-state index contributed by atoms with van der Waals surface area (Å²) < 4.78 is 4.99. The van der Waals surface area contributed by atoms with Crippen molar-refractivity contribution in [1.82, 2.24) is 14.9 Å². The number of ether oxygens (including phenoxy) is 1. The molecule has 0 atom stereocenters. The molecule has 0 aromatic carbocycles. The average molecular weight is 280 g/mol. The quantitative estimate of drug-likeness (QED) is 0.824. The number of hydrogen-bond acceptors (Lipinski definition) is 5. The minimum Gasteiger partial charge on any atom is -0.489 e. The molecule has 2 heterocycles. The molecule has 2 N–H and O–H groups in total. The molecular weight excluding hydrogens is 260 g/mol. The summed E-state index contributed by atoms with van der Waals surface area (Å²) in [4.78, 5) is 31.8. The van der Waals surface area contributed by atoms with E-state index >= 15 is 0 Å². The summed E-state index contributed by atoms with van der Waals surface area (Å²) in [5.74, 6) is 0.640. The maximum Gasteiger partial charge on any atom is 0.295 e. The van der Waals surface area contributed by atoms with Crippen LogP contribution in [0, 0.1) is 0 Å². The van der Waals surface area contributed by atoms with E-state index in [9.17, 15) is 9.59 Å². The Morgan fingerprint density at radius 3 is 2.90 bits per heavy atom. The van der Waals surface area contributed by atoms with Crippen molar-refractivity contribution in [3.05, 3.63) is 16.7 Å². The summed E-state index contributed by atoms with van der Waals surface area (Å²) in [7, 11) is 1.41. The van der Waals surface area contributed by atoms with Gasteiger partial charge in [-0.15, -0.1) is 0 Å². The van der Waals surface area contributed by atoms with E-state index < -0.39 is 0 Å². The Morgan fingerprint density at radius 1 is 1.45 bits per heavy atom. The van der Waals surface area contributed by atoms with Crippen LogP contribution < -0.4 is 15.6 Å². The van der Waals surface area contributed by atoms with Gasteiger partial charge in [-0.05, 0) is 19.3 Å². The standard InChI is InChI=1S/C13H20N4O3/c1-20-11-12(15-9-16-13(11)19)14-6-5-10(18)17-7-3-2-4-8-17/h9H,2-8H2,1H3,(H2,14,15,16,19). The Balaban J connectivity index is 1.85. The van der Waals surface area contributed by atoms with E-state index in [1.165, 1.54) is 19.9 Å². The minimum absolute atomic E-state index is 0.137. The van der Waals surface area contributed by atoms with Crippen molar-refractivity contribution in [2.45, 2.75) is 25.7 Å². The van der Waals surface area contributed by atoms with Gasteiger partial charge < -0.3 is 19.9 Å². The maximum absolute atomic E-state index is 12.0. The van der Waals surface area contributed by atoms with E-state index in [2.05, 4.69) is 15.3 Å². The lowest BCUT2D eigenvalue weighted by atomic mass is 10.1. The first-order valence-electron chi connectivity index (χ1n) is 6.85. The van der Waals surface area contributed by atoms with E-state index in [0.29, 0.717) is 18.8 Å². The highest BCUT2D eigenvalue weighted by Gasteiger charge is 2.16. The Bertz CT molecular complexity index is 509. The zero-order chi connectivity index (χ0) is 14.4. The number of methoxy groups -OCH3 is 1. The molecule has 1 aliphatic heterocycles. The van der Waals surface area contributed by atoms with Crippen molar-refractivity contribution >= 4 is 11.7 Å². The van der Waals surface area contributed by atoms with Crippen LogP contribution in [0.2, 0.25) is 0 Å². The molecule has 1 aromatic rings. The summed E-state index contributed by atoms with van der Waals surface area (Å²) in [5.41, 5.74) is -0.340. The number of anilines is 1. The van der Waals surface area contributed by atoms with Crippen molar-refractivity contribution in [2.75, 3.05) is 32.1 Å². The molecule has 110 valence electrons. The predicted molar refractivity (Wildman–Crippen MR) is 74.9 cm³/mol. The van der Waals surface area contributed by atoms with E-state index in [1.807, 2.05) is 4.90 Å². The van der Waals surface area contributed by atoms with Crippen molar-refractivity contribution < 1.29 is 9.53 Å². The monoisotopic (exact) mass is 280 g/mol. The largest absolute Gasteiger partial charge is 0.489 e. The molecule has 7 nitrogen and oxygen atoms in total. The SMILES string of the molecule is COc1c(NCCC(=O)N2CCCCC2)nc[nH]c1=O. The summed E-state index contributed by atoms with van der Waals surface area (Å²) in [6.45, 7) is 2.14. The van der Waals surface area contributed by atoms with Crippen LogP contribution in [-0.2, 0) is 4.79 Å². The smallest absolute Gasteiger partial charge is 0.295 e. The van der Waals surface area contributed by atoms with Gasteiger partial charge in [0.15, 0.2) is 5.82 Å². The second-order valence-electron chi connectivity index (χ2n) is 4.73. The van der Waals surface area contributed by atoms with Gasteiger partial charge in [-0.2, -0.15) is 0 Å². The molecule has 1 fully saturated rings. The molecule has 0 saturated carbocycles. The van der Waals surface area contributed by atoms with Crippen LogP contribution in [0.5, 0.6) is 5.75 Å². The number of hydrogen-bond donors (Lipinski definition) is 2. The molecule has 0 radical (unpaired) electrons. The van der Waals surface area contributed by atoms with Crippen LogP contribution >= 0.6 is 0 Å². The second-order valence-corrected chi connectivity index (χ2v) is 4.73. The molecule has 0 spiro atoms. The molecule has 1 aromatic heterocycles. The number of piperidine rings is 1. The molecule has 0 aliphatic carbocycles. The van der Waals surface area contributed by atoms with Crippen LogP contribution in [0.3, 0.4) is 0 Å². The number of nitrogens with zero attached hydrogens (tertiary/aromatic N) is 2. The lowest BCUT2D eigenvalue weighted by Crippen LogP contribution is -2.36. The summed E-state index contributed by atoms with van der Waals surface area (Å²) in [6, 6.07) is 0. The predicted octanol–water partition coefficient (Wildman–Crippen LogP) is 0.593. The number of carbonyl (C=O) groups excluding carboxylic acids is 1. The molecule has 1 amide bonds. The van der Waals surface area contributed by atoms with Crippen LogP contribution in [-0.4, -0.2) is 47.5 Å². The molecular formula is C13H20N4O3. The van der Waals surface area contributed by atoms with E-state index in [0.717, 1.165) is 25.9 Å². The van der Waals surface area contributed by atoms with Crippen LogP contribution in [0.4, 0.5) is 5.82 Å². The Hall–Kier alpha value is -2.05. The molecule has 2 rings (SSSR count). The van der Waals surface area contributed by atoms with Gasteiger partial charge in [-0.25, -0.2) is 4.98 Å². The minimum atomic E-state index is -0.340. The maximum atomic E-state index is 12.0. The molecule has 7 heteroatoms. The van der Waals surface area contributed by atoms with E-state index in [4.69, 9.17) is 4.74 Å². The fourth-order valence-corrected chi connectivity index (χ4v) is 2.29. The Labute approximate surface area is 117 Å². The number of likely N-dealkylation sites (tertiary alicyclic amines) is 1. The lowest BCUT2D eigenvalue weighted by Gasteiger charge is -2.26. The van der Waals surface area contributed by atoms with Gasteiger partial charge in [0, 0.05) is 26.1 Å². The number of amides is 1. The second kappa shape index (κ2) is 6.93. The first kappa shape index (κ1) is 14.4. The topological polar surface area (TPSA) is 87.3 Å². The van der Waals surface area contributed by atoms with Crippen LogP contribution in [0.1, 0.15) is 25.7 Å². The van der Waals surface area contributed by atoms with Gasteiger partial charge in [0.25, 0.3) is 5.56 Å². The number of aromatic amines is 1. The van der Waals surface area contributed by atoms with E-state index in [1.54, 1.807) is 0 Å². The third kappa shape index (κ3) is 3.49. The van der Waals surface area contributed by atoms with Crippen molar-refractivity contribution in [3.8, 4) is 5.75 Å². The van der Waals surface area contributed by atoms with Crippen molar-refractivity contribution in [1.29, 1.82) is 0 Å². The highest BCUT2D eigenvalue weighted by Crippen LogP contribution is 2.14. The summed E-state index contributed by atoms with van der Waals surface area (Å²) in [5, 5.41) is 2.97. The highest BCUT2D eigenvalue weighted by atomic mass is 16.5. The molecule has 1 saturated heterocycles. The fraction of sp³-hybridized carbons (Fsp3) is 0.615. The Morgan fingerprint density at radius 2 is 2.20 bits per heavy atom. The van der Waals surface area contributed by atoms with Crippen LogP contribution in [0.25, 0.3) is 0 Å².